The van der Waals surface area contributed by atoms with Gasteiger partial charge in [0.05, 0.1) is 4.90 Å². The number of sulfonamides is 1. The summed E-state index contributed by atoms with van der Waals surface area (Å²) < 4.78 is 27.5. The molecule has 1 fully saturated rings. The van der Waals surface area contributed by atoms with E-state index in [0.717, 1.165) is 18.4 Å². The normalized spacial score (nSPS) is 21.5. The van der Waals surface area contributed by atoms with Crippen LogP contribution in [0, 0.1) is 5.92 Å². The molecule has 0 radical (unpaired) electrons. The van der Waals surface area contributed by atoms with E-state index in [1.807, 2.05) is 6.07 Å². The Labute approximate surface area is 123 Å². The molecule has 0 spiro atoms. The summed E-state index contributed by atoms with van der Waals surface area (Å²) >= 11 is 3.33. The molecule has 0 aromatic heterocycles. The summed E-state index contributed by atoms with van der Waals surface area (Å²) in [7, 11) is -3.43. The number of hydrogen-bond donors (Lipinski definition) is 1. The Kier molecular flexibility index (Phi) is 4.66. The predicted molar refractivity (Wildman–Crippen MR) is 79.2 cm³/mol. The number of halogens is 1. The van der Waals surface area contributed by atoms with Crippen LogP contribution >= 0.6 is 15.9 Å². The molecular weight excluding hydrogens is 328 g/mol. The van der Waals surface area contributed by atoms with E-state index in [4.69, 9.17) is 5.73 Å². The van der Waals surface area contributed by atoms with Gasteiger partial charge in [0.25, 0.3) is 0 Å². The first-order chi connectivity index (χ1) is 8.95. The van der Waals surface area contributed by atoms with Crippen LogP contribution in [0.3, 0.4) is 0 Å². The van der Waals surface area contributed by atoms with Crippen LogP contribution in [-0.4, -0.2) is 25.8 Å². The van der Waals surface area contributed by atoms with E-state index in [-0.39, 0.29) is 0 Å². The minimum Gasteiger partial charge on any atom is -0.326 e. The maximum absolute atomic E-state index is 12.7. The van der Waals surface area contributed by atoms with E-state index < -0.39 is 10.0 Å². The third-order valence-electron chi connectivity index (χ3n) is 3.47. The van der Waals surface area contributed by atoms with Gasteiger partial charge in [0, 0.05) is 24.1 Å². The lowest BCUT2D eigenvalue weighted by Crippen LogP contribution is -2.39. The lowest BCUT2D eigenvalue weighted by molar-refractivity contribution is 0.281. The van der Waals surface area contributed by atoms with Crippen LogP contribution in [0.25, 0.3) is 0 Å². The molecular formula is C13H19BrN2O2S. The van der Waals surface area contributed by atoms with Gasteiger partial charge in [0.15, 0.2) is 0 Å². The highest BCUT2D eigenvalue weighted by Gasteiger charge is 2.30. The second-order valence-corrected chi connectivity index (χ2v) is 7.84. The van der Waals surface area contributed by atoms with Crippen molar-refractivity contribution in [1.82, 2.24) is 4.31 Å². The molecule has 4 nitrogen and oxygen atoms in total. The average molecular weight is 347 g/mol. The molecule has 1 atom stereocenters. The summed E-state index contributed by atoms with van der Waals surface area (Å²) in [5, 5.41) is 0. The predicted octanol–water partition coefficient (Wildman–Crippen LogP) is 2.33. The van der Waals surface area contributed by atoms with Crippen LogP contribution in [0.5, 0.6) is 0 Å². The van der Waals surface area contributed by atoms with E-state index >= 15 is 0 Å². The molecule has 2 N–H and O–H groups in total. The van der Waals surface area contributed by atoms with Crippen LogP contribution in [0.1, 0.15) is 25.3 Å². The monoisotopic (exact) mass is 346 g/mol. The first-order valence-electron chi connectivity index (χ1n) is 6.44. The van der Waals surface area contributed by atoms with Gasteiger partial charge in [-0.05, 0) is 52.4 Å². The molecule has 0 saturated carbocycles. The SMILES string of the molecule is CC1CCCN(S(=O)(=O)c2cc(CN)ccc2Br)C1. The Balaban J connectivity index is 2.38. The average Bonchev–Trinajstić information content (AvgIpc) is 2.39. The van der Waals surface area contributed by atoms with Crippen molar-refractivity contribution in [1.29, 1.82) is 0 Å². The zero-order valence-electron chi connectivity index (χ0n) is 11.0. The smallest absolute Gasteiger partial charge is 0.244 e. The summed E-state index contributed by atoms with van der Waals surface area (Å²) in [6, 6.07) is 5.25. The van der Waals surface area contributed by atoms with E-state index in [0.29, 0.717) is 34.9 Å². The molecule has 1 aromatic rings. The Morgan fingerprint density at radius 3 is 2.84 bits per heavy atom. The first-order valence-corrected chi connectivity index (χ1v) is 8.67. The summed E-state index contributed by atoms with van der Waals surface area (Å²) in [5.41, 5.74) is 6.41. The zero-order valence-corrected chi connectivity index (χ0v) is 13.4. The number of benzene rings is 1. The fraction of sp³-hybridized carbons (Fsp3) is 0.538. The Bertz CT molecular complexity index is 560. The zero-order chi connectivity index (χ0) is 14.0. The van der Waals surface area contributed by atoms with Crippen molar-refractivity contribution in [2.45, 2.75) is 31.2 Å². The summed E-state index contributed by atoms with van der Waals surface area (Å²) in [6.45, 7) is 3.63. The number of rotatable bonds is 3. The molecule has 1 aromatic carbocycles. The quantitative estimate of drug-likeness (QED) is 0.913. The standard InChI is InChI=1S/C13H19BrN2O2S/c1-10-3-2-6-16(9-10)19(17,18)13-7-11(8-15)4-5-12(13)14/h4-5,7,10H,2-3,6,8-9,15H2,1H3. The lowest BCUT2D eigenvalue weighted by atomic mass is 10.0. The number of hydrogen-bond acceptors (Lipinski definition) is 3. The van der Waals surface area contributed by atoms with Crippen LogP contribution in [0.4, 0.5) is 0 Å². The number of piperidine rings is 1. The number of nitrogens with two attached hydrogens (primary N) is 1. The van der Waals surface area contributed by atoms with E-state index in [1.165, 1.54) is 0 Å². The lowest BCUT2D eigenvalue weighted by Gasteiger charge is -2.30. The Morgan fingerprint density at radius 2 is 2.21 bits per heavy atom. The maximum Gasteiger partial charge on any atom is 0.244 e. The fourth-order valence-corrected chi connectivity index (χ4v) is 4.95. The van der Waals surface area contributed by atoms with Gasteiger partial charge in [-0.2, -0.15) is 4.31 Å². The van der Waals surface area contributed by atoms with Gasteiger partial charge in [-0.15, -0.1) is 0 Å². The molecule has 1 unspecified atom stereocenters. The third kappa shape index (κ3) is 3.18. The highest BCUT2D eigenvalue weighted by atomic mass is 79.9. The molecule has 106 valence electrons. The summed E-state index contributed by atoms with van der Waals surface area (Å²) in [4.78, 5) is 0.324. The first kappa shape index (κ1) is 15.0. The largest absolute Gasteiger partial charge is 0.326 e. The molecule has 1 aliphatic heterocycles. The maximum atomic E-state index is 12.7. The molecule has 1 saturated heterocycles. The van der Waals surface area contributed by atoms with E-state index in [1.54, 1.807) is 16.4 Å². The van der Waals surface area contributed by atoms with Gasteiger partial charge >= 0.3 is 0 Å². The van der Waals surface area contributed by atoms with Crippen molar-refractivity contribution in [3.8, 4) is 0 Å². The van der Waals surface area contributed by atoms with Crippen molar-refractivity contribution in [2.24, 2.45) is 11.7 Å². The summed E-state index contributed by atoms with van der Waals surface area (Å²) in [6.07, 6.45) is 2.02. The van der Waals surface area contributed by atoms with Crippen molar-refractivity contribution >= 4 is 26.0 Å². The van der Waals surface area contributed by atoms with Crippen molar-refractivity contribution in [3.63, 3.8) is 0 Å². The molecule has 0 aliphatic carbocycles. The van der Waals surface area contributed by atoms with Crippen LogP contribution < -0.4 is 5.73 Å². The topological polar surface area (TPSA) is 63.4 Å². The fourth-order valence-electron chi connectivity index (χ4n) is 2.38. The van der Waals surface area contributed by atoms with Gasteiger partial charge in [-0.25, -0.2) is 8.42 Å². The van der Waals surface area contributed by atoms with Gasteiger partial charge in [-0.3, -0.25) is 0 Å². The van der Waals surface area contributed by atoms with Crippen molar-refractivity contribution in [2.75, 3.05) is 13.1 Å². The molecule has 19 heavy (non-hydrogen) atoms. The molecule has 2 rings (SSSR count). The summed E-state index contributed by atoms with van der Waals surface area (Å²) in [5.74, 6) is 0.417. The van der Waals surface area contributed by atoms with Gasteiger partial charge in [-0.1, -0.05) is 13.0 Å². The minimum absolute atomic E-state index is 0.324. The molecule has 6 heteroatoms. The number of nitrogens with zero attached hydrogens (tertiary/aromatic N) is 1. The Hall–Kier alpha value is -0.430. The van der Waals surface area contributed by atoms with Gasteiger partial charge < -0.3 is 5.73 Å². The third-order valence-corrected chi connectivity index (χ3v) is 6.33. The van der Waals surface area contributed by atoms with E-state index in [2.05, 4.69) is 22.9 Å². The Morgan fingerprint density at radius 1 is 1.47 bits per heavy atom. The van der Waals surface area contributed by atoms with Crippen LogP contribution in [-0.2, 0) is 16.6 Å². The molecule has 1 heterocycles. The van der Waals surface area contributed by atoms with Crippen LogP contribution in [0.15, 0.2) is 27.6 Å². The van der Waals surface area contributed by atoms with Gasteiger partial charge in [0.2, 0.25) is 10.0 Å². The van der Waals surface area contributed by atoms with Crippen molar-refractivity contribution in [3.05, 3.63) is 28.2 Å². The van der Waals surface area contributed by atoms with Gasteiger partial charge in [0.1, 0.15) is 0 Å². The van der Waals surface area contributed by atoms with Crippen LogP contribution in [0.2, 0.25) is 0 Å². The highest BCUT2D eigenvalue weighted by molar-refractivity contribution is 9.10. The van der Waals surface area contributed by atoms with E-state index in [9.17, 15) is 8.42 Å². The molecule has 0 bridgehead atoms. The molecule has 1 aliphatic rings. The second-order valence-electron chi connectivity index (χ2n) is 5.08. The highest BCUT2D eigenvalue weighted by Crippen LogP contribution is 2.29. The second kappa shape index (κ2) is 5.91. The van der Waals surface area contributed by atoms with Crippen molar-refractivity contribution < 1.29 is 8.42 Å². The minimum atomic E-state index is -3.43. The molecule has 0 amide bonds.